The second-order valence-electron chi connectivity index (χ2n) is 6.96. The molecule has 130 valence electrons. The van der Waals surface area contributed by atoms with Crippen LogP contribution in [0.1, 0.15) is 39.5 Å². The molecule has 1 saturated heterocycles. The number of carbonyl (C=O) groups excluding carboxylic acids is 2. The minimum absolute atomic E-state index is 0.0880. The predicted octanol–water partition coefficient (Wildman–Crippen LogP) is 2.07. The van der Waals surface area contributed by atoms with E-state index in [2.05, 4.69) is 11.8 Å². The number of likely N-dealkylation sites (tertiary alicyclic amines) is 1. The van der Waals surface area contributed by atoms with Gasteiger partial charge in [-0.3, -0.25) is 14.5 Å². The Morgan fingerprint density at radius 3 is 2.70 bits per heavy atom. The van der Waals surface area contributed by atoms with Crippen molar-refractivity contribution in [1.82, 2.24) is 9.80 Å². The number of piperidine rings is 1. The van der Waals surface area contributed by atoms with Crippen LogP contribution >= 0.6 is 0 Å². The van der Waals surface area contributed by atoms with E-state index in [4.69, 9.17) is 4.74 Å². The summed E-state index contributed by atoms with van der Waals surface area (Å²) in [5.41, 5.74) is 0.923. The van der Waals surface area contributed by atoms with Gasteiger partial charge >= 0.3 is 5.97 Å². The van der Waals surface area contributed by atoms with E-state index >= 15 is 0 Å². The van der Waals surface area contributed by atoms with Crippen LogP contribution in [0.3, 0.4) is 0 Å². The fourth-order valence-electron chi connectivity index (χ4n) is 3.95. The molecule has 1 aliphatic carbocycles. The summed E-state index contributed by atoms with van der Waals surface area (Å²) in [7, 11) is 3.90. The third-order valence-electron chi connectivity index (χ3n) is 4.83. The van der Waals surface area contributed by atoms with Crippen molar-refractivity contribution in [3.8, 4) is 0 Å². The second kappa shape index (κ2) is 7.95. The van der Waals surface area contributed by atoms with E-state index in [1.165, 1.54) is 0 Å². The Bertz CT molecular complexity index is 473. The summed E-state index contributed by atoms with van der Waals surface area (Å²) in [6, 6.07) is 0.379. The summed E-state index contributed by atoms with van der Waals surface area (Å²) in [5.74, 6) is 0.321. The number of hydrogen-bond donors (Lipinski definition) is 0. The van der Waals surface area contributed by atoms with Crippen LogP contribution in [0.4, 0.5) is 0 Å². The van der Waals surface area contributed by atoms with Gasteiger partial charge in [-0.05, 0) is 38.6 Å². The lowest BCUT2D eigenvalue weighted by atomic mass is 9.72. The second-order valence-corrected chi connectivity index (χ2v) is 6.96. The molecule has 1 heterocycles. The van der Waals surface area contributed by atoms with Crippen LogP contribution in [-0.4, -0.2) is 61.4 Å². The molecular formula is C18H30N2O3. The fourth-order valence-corrected chi connectivity index (χ4v) is 3.95. The predicted molar refractivity (Wildman–Crippen MR) is 89.9 cm³/mol. The van der Waals surface area contributed by atoms with E-state index in [9.17, 15) is 9.59 Å². The first-order valence-electron chi connectivity index (χ1n) is 8.77. The van der Waals surface area contributed by atoms with Crippen molar-refractivity contribution < 1.29 is 14.3 Å². The minimum Gasteiger partial charge on any atom is -0.466 e. The highest BCUT2D eigenvalue weighted by Crippen LogP contribution is 2.38. The fraction of sp³-hybridized carbons (Fsp3) is 0.778. The van der Waals surface area contributed by atoms with Crippen LogP contribution in [0.5, 0.6) is 0 Å². The number of rotatable bonds is 5. The molecule has 0 aromatic rings. The van der Waals surface area contributed by atoms with Crippen LogP contribution in [0.25, 0.3) is 0 Å². The lowest BCUT2D eigenvalue weighted by Gasteiger charge is -2.46. The van der Waals surface area contributed by atoms with Gasteiger partial charge in [-0.2, -0.15) is 0 Å². The van der Waals surface area contributed by atoms with Gasteiger partial charge in [-0.25, -0.2) is 0 Å². The van der Waals surface area contributed by atoms with E-state index < -0.39 is 0 Å². The van der Waals surface area contributed by atoms with Crippen molar-refractivity contribution in [2.75, 3.05) is 33.8 Å². The van der Waals surface area contributed by atoms with E-state index in [0.29, 0.717) is 19.1 Å². The quantitative estimate of drug-likeness (QED) is 0.573. The third-order valence-corrected chi connectivity index (χ3v) is 4.83. The molecule has 0 aromatic carbocycles. The first kappa shape index (κ1) is 18.0. The van der Waals surface area contributed by atoms with Gasteiger partial charge in [-0.15, -0.1) is 0 Å². The van der Waals surface area contributed by atoms with Crippen molar-refractivity contribution in [2.45, 2.75) is 45.6 Å². The molecule has 1 saturated carbocycles. The number of ether oxygens (including phenoxy) is 1. The zero-order valence-corrected chi connectivity index (χ0v) is 14.9. The van der Waals surface area contributed by atoms with Gasteiger partial charge in [-0.1, -0.05) is 6.92 Å². The highest BCUT2D eigenvalue weighted by Gasteiger charge is 2.43. The number of esters is 1. The van der Waals surface area contributed by atoms with Gasteiger partial charge in [0.15, 0.2) is 5.78 Å². The molecule has 3 atom stereocenters. The maximum absolute atomic E-state index is 12.4. The van der Waals surface area contributed by atoms with Crippen LogP contribution in [0.15, 0.2) is 11.8 Å². The highest BCUT2D eigenvalue weighted by atomic mass is 16.5. The molecule has 2 rings (SSSR count). The molecule has 23 heavy (non-hydrogen) atoms. The molecule has 5 nitrogen and oxygen atoms in total. The number of fused-ring (bicyclic) bond motifs is 1. The SMILES string of the molecule is CCCN1C[C@H](C(=O)OCC)C[C@@H]2CC(=O)/C(=C/N(C)C)C[C@H]21. The monoisotopic (exact) mass is 322 g/mol. The summed E-state index contributed by atoms with van der Waals surface area (Å²) >= 11 is 0. The molecule has 0 N–H and O–H groups in total. The van der Waals surface area contributed by atoms with Gasteiger partial charge in [0.2, 0.25) is 0 Å². The molecular weight excluding hydrogens is 292 g/mol. The number of Topliss-reactive ketones (excluding diaryl/α,β-unsaturated/α-hetero) is 1. The van der Waals surface area contributed by atoms with Crippen molar-refractivity contribution >= 4 is 11.8 Å². The van der Waals surface area contributed by atoms with Gasteiger partial charge in [0, 0.05) is 44.9 Å². The molecule has 0 aromatic heterocycles. The van der Waals surface area contributed by atoms with Crippen molar-refractivity contribution in [3.63, 3.8) is 0 Å². The van der Waals surface area contributed by atoms with Crippen LogP contribution in [0, 0.1) is 11.8 Å². The molecule has 1 aliphatic heterocycles. The van der Waals surface area contributed by atoms with Crippen LogP contribution in [0.2, 0.25) is 0 Å². The third kappa shape index (κ3) is 4.34. The Labute approximate surface area is 139 Å². The normalized spacial score (nSPS) is 30.2. The van der Waals surface area contributed by atoms with Gasteiger partial charge in [0.05, 0.1) is 12.5 Å². The summed E-state index contributed by atoms with van der Waals surface area (Å²) in [6.45, 7) is 6.16. The molecule has 2 fully saturated rings. The van der Waals surface area contributed by atoms with Crippen LogP contribution < -0.4 is 0 Å². The molecule has 2 aliphatic rings. The lowest BCUT2D eigenvalue weighted by Crippen LogP contribution is -2.53. The summed E-state index contributed by atoms with van der Waals surface area (Å²) in [4.78, 5) is 28.9. The van der Waals surface area contributed by atoms with Crippen molar-refractivity contribution in [2.24, 2.45) is 11.8 Å². The number of nitrogens with zero attached hydrogens (tertiary/aromatic N) is 2. The number of ketones is 1. The van der Waals surface area contributed by atoms with Crippen molar-refractivity contribution in [3.05, 3.63) is 11.8 Å². The van der Waals surface area contributed by atoms with Gasteiger partial charge in [0.1, 0.15) is 0 Å². The summed E-state index contributed by atoms with van der Waals surface area (Å²) in [6.07, 6.45) is 5.15. The molecule has 0 unspecified atom stereocenters. The molecule has 0 radical (unpaired) electrons. The van der Waals surface area contributed by atoms with Crippen LogP contribution in [-0.2, 0) is 14.3 Å². The van der Waals surface area contributed by atoms with E-state index in [-0.39, 0.29) is 23.6 Å². The topological polar surface area (TPSA) is 49.9 Å². The highest BCUT2D eigenvalue weighted by molar-refractivity contribution is 5.96. The zero-order chi connectivity index (χ0) is 17.0. The molecule has 0 bridgehead atoms. The Morgan fingerprint density at radius 2 is 2.09 bits per heavy atom. The van der Waals surface area contributed by atoms with E-state index in [1.54, 1.807) is 0 Å². The van der Waals surface area contributed by atoms with Crippen molar-refractivity contribution in [1.29, 1.82) is 0 Å². The Hall–Kier alpha value is -1.36. The maximum Gasteiger partial charge on any atom is 0.310 e. The van der Waals surface area contributed by atoms with Gasteiger partial charge in [0.25, 0.3) is 0 Å². The number of hydrogen-bond acceptors (Lipinski definition) is 5. The standard InChI is InChI=1S/C18H30N2O3/c1-5-7-20-12-15(18(22)23-6-2)8-13-10-17(21)14(9-16(13)20)11-19(3)4/h11,13,15-16H,5-10,12H2,1-4H3/b14-11+/t13-,15-,16-/m1/s1. The summed E-state index contributed by atoms with van der Waals surface area (Å²) in [5, 5.41) is 0. The minimum atomic E-state index is -0.103. The first-order chi connectivity index (χ1) is 11.0. The molecule has 0 amide bonds. The largest absolute Gasteiger partial charge is 0.466 e. The average Bonchev–Trinajstić information content (AvgIpc) is 2.48. The maximum atomic E-state index is 12.4. The molecule has 5 heteroatoms. The molecule has 0 spiro atoms. The Balaban J connectivity index is 2.16. The smallest absolute Gasteiger partial charge is 0.310 e. The zero-order valence-electron chi connectivity index (χ0n) is 14.9. The first-order valence-corrected chi connectivity index (χ1v) is 8.77. The van der Waals surface area contributed by atoms with E-state index in [0.717, 1.165) is 37.9 Å². The van der Waals surface area contributed by atoms with Gasteiger partial charge < -0.3 is 9.64 Å². The average molecular weight is 322 g/mol. The Kier molecular flexibility index (Phi) is 6.22. The number of carbonyl (C=O) groups is 2. The lowest BCUT2D eigenvalue weighted by molar-refractivity contribution is -0.152. The summed E-state index contributed by atoms with van der Waals surface area (Å²) < 4.78 is 5.22. The Morgan fingerprint density at radius 1 is 1.35 bits per heavy atom. The van der Waals surface area contributed by atoms with E-state index in [1.807, 2.05) is 32.1 Å².